The number of primary amides is 1. The molecule has 0 aliphatic rings. The molecule has 1 aromatic rings. The lowest BCUT2D eigenvalue weighted by Gasteiger charge is -2.24. The number of nitrogens with one attached hydrogen (secondary N) is 3. The third kappa shape index (κ3) is 12.1. The molecule has 204 valence electrons. The largest absolute Gasteiger partial charge is 0.480 e. The zero-order valence-electron chi connectivity index (χ0n) is 20.1. The van der Waals surface area contributed by atoms with Gasteiger partial charge in [0.2, 0.25) is 23.6 Å². The van der Waals surface area contributed by atoms with Crippen molar-refractivity contribution in [2.24, 2.45) is 27.9 Å². The minimum atomic E-state index is -1.27. The smallest absolute Gasteiger partial charge is 0.326 e. The zero-order valence-corrected chi connectivity index (χ0v) is 21.0. The van der Waals surface area contributed by atoms with Crippen LogP contribution >= 0.6 is 12.6 Å². The van der Waals surface area contributed by atoms with Crippen LogP contribution < -0.4 is 38.9 Å². The molecule has 1 aromatic carbocycles. The molecule has 0 saturated heterocycles. The standard InChI is InChI=1S/C22H34N8O6S/c23-13(10-17(24)31)18(32)30-16(11-37)20(34)29-15(9-12-5-2-1-3-6-12)19(33)28-14(21(35)36)7-4-8-27-22(25)26/h1-3,5-6,13-16,37H,4,7-11,23H2,(H2,24,31)(H,28,33)(H,29,34)(H,30,32)(H,35,36)(H4,25,26,27). The molecule has 4 unspecified atom stereocenters. The molecule has 0 bridgehead atoms. The molecule has 4 amide bonds. The van der Waals surface area contributed by atoms with Gasteiger partial charge in [0, 0.05) is 18.7 Å². The van der Waals surface area contributed by atoms with Crippen molar-refractivity contribution in [2.75, 3.05) is 12.3 Å². The first-order chi connectivity index (χ1) is 17.4. The summed E-state index contributed by atoms with van der Waals surface area (Å²) >= 11 is 4.07. The van der Waals surface area contributed by atoms with Crippen LogP contribution in [0, 0.1) is 0 Å². The Labute approximate surface area is 219 Å². The number of carbonyl (C=O) groups is 5. The van der Waals surface area contributed by atoms with E-state index in [1.165, 1.54) is 0 Å². The average molecular weight is 539 g/mol. The summed E-state index contributed by atoms with van der Waals surface area (Å²) in [7, 11) is 0. The topological polar surface area (TPSA) is 258 Å². The molecule has 0 fully saturated rings. The van der Waals surface area contributed by atoms with E-state index in [1.807, 2.05) is 0 Å². The number of amides is 4. The molecule has 15 heteroatoms. The molecule has 0 radical (unpaired) electrons. The van der Waals surface area contributed by atoms with Crippen LogP contribution in [0.3, 0.4) is 0 Å². The van der Waals surface area contributed by atoms with E-state index >= 15 is 0 Å². The fourth-order valence-corrected chi connectivity index (χ4v) is 3.40. The summed E-state index contributed by atoms with van der Waals surface area (Å²) < 4.78 is 0. The van der Waals surface area contributed by atoms with Gasteiger partial charge in [-0.05, 0) is 18.4 Å². The second-order valence-corrected chi connectivity index (χ2v) is 8.48. The normalized spacial score (nSPS) is 13.8. The van der Waals surface area contributed by atoms with Crippen LogP contribution in [0.5, 0.6) is 0 Å². The van der Waals surface area contributed by atoms with Crippen molar-refractivity contribution < 1.29 is 29.1 Å². The minimum absolute atomic E-state index is 0.0349. The average Bonchev–Trinajstić information content (AvgIpc) is 2.83. The van der Waals surface area contributed by atoms with Crippen molar-refractivity contribution in [2.45, 2.75) is 49.9 Å². The van der Waals surface area contributed by atoms with Crippen LogP contribution in [0.1, 0.15) is 24.8 Å². The van der Waals surface area contributed by atoms with Crippen LogP contribution in [0.2, 0.25) is 0 Å². The van der Waals surface area contributed by atoms with Gasteiger partial charge in [-0.15, -0.1) is 0 Å². The third-order valence-electron chi connectivity index (χ3n) is 5.05. The molecule has 1 rings (SSSR count). The molecule has 37 heavy (non-hydrogen) atoms. The van der Waals surface area contributed by atoms with Crippen molar-refractivity contribution in [1.29, 1.82) is 0 Å². The van der Waals surface area contributed by atoms with E-state index < -0.39 is 60.2 Å². The van der Waals surface area contributed by atoms with E-state index in [0.717, 1.165) is 0 Å². The van der Waals surface area contributed by atoms with E-state index in [9.17, 15) is 29.1 Å². The fourth-order valence-electron chi connectivity index (χ4n) is 3.15. The van der Waals surface area contributed by atoms with Gasteiger partial charge in [-0.25, -0.2) is 4.79 Å². The Morgan fingerprint density at radius 2 is 1.46 bits per heavy atom. The summed E-state index contributed by atoms with van der Waals surface area (Å²) in [6.07, 6.45) is -0.0696. The van der Waals surface area contributed by atoms with Crippen molar-refractivity contribution in [3.8, 4) is 0 Å². The molecular weight excluding hydrogens is 504 g/mol. The molecule has 12 N–H and O–H groups in total. The Kier molecular flexibility index (Phi) is 13.5. The molecule has 14 nitrogen and oxygen atoms in total. The lowest BCUT2D eigenvalue weighted by Crippen LogP contribution is -2.58. The van der Waals surface area contributed by atoms with Crippen LogP contribution in [-0.2, 0) is 30.4 Å². The number of guanidine groups is 1. The highest BCUT2D eigenvalue weighted by atomic mass is 32.1. The van der Waals surface area contributed by atoms with E-state index in [0.29, 0.717) is 5.56 Å². The molecular formula is C22H34N8O6S. The van der Waals surface area contributed by atoms with Gasteiger partial charge in [0.1, 0.15) is 18.1 Å². The first-order valence-corrected chi connectivity index (χ1v) is 12.0. The fraction of sp³-hybridized carbons (Fsp3) is 0.455. The van der Waals surface area contributed by atoms with Crippen LogP contribution in [-0.4, -0.2) is 77.1 Å². The molecule has 0 aliphatic carbocycles. The predicted octanol–water partition coefficient (Wildman–Crippen LogP) is -3.05. The lowest BCUT2D eigenvalue weighted by atomic mass is 10.0. The Hall–Kier alpha value is -3.85. The second kappa shape index (κ2) is 16.0. The maximum absolute atomic E-state index is 13.1. The van der Waals surface area contributed by atoms with Gasteiger partial charge in [0.15, 0.2) is 5.96 Å². The SMILES string of the molecule is NC(=O)CC(N)C(=O)NC(CS)C(=O)NC(Cc1ccccc1)C(=O)NC(CCCN=C(N)N)C(=O)O. The summed E-state index contributed by atoms with van der Waals surface area (Å²) in [6, 6.07) is 3.81. The van der Waals surface area contributed by atoms with Gasteiger partial charge in [-0.2, -0.15) is 12.6 Å². The van der Waals surface area contributed by atoms with Crippen molar-refractivity contribution >= 4 is 48.2 Å². The summed E-state index contributed by atoms with van der Waals surface area (Å²) in [6.45, 7) is 0.174. The monoisotopic (exact) mass is 538 g/mol. The van der Waals surface area contributed by atoms with Crippen LogP contribution in [0.15, 0.2) is 35.3 Å². The molecule has 0 saturated carbocycles. The quantitative estimate of drug-likeness (QED) is 0.0447. The van der Waals surface area contributed by atoms with E-state index in [1.54, 1.807) is 30.3 Å². The Balaban J connectivity index is 2.99. The van der Waals surface area contributed by atoms with Gasteiger partial charge in [0.25, 0.3) is 0 Å². The van der Waals surface area contributed by atoms with Gasteiger partial charge < -0.3 is 44.0 Å². The summed E-state index contributed by atoms with van der Waals surface area (Å²) in [5.41, 5.74) is 21.9. The number of carbonyl (C=O) groups excluding carboxylic acids is 4. The number of hydrogen-bond acceptors (Lipinski definition) is 8. The number of rotatable bonds is 16. The summed E-state index contributed by atoms with van der Waals surface area (Å²) in [4.78, 5) is 64.7. The highest BCUT2D eigenvalue weighted by molar-refractivity contribution is 7.80. The zero-order chi connectivity index (χ0) is 28.0. The number of aliphatic imine (C=N–C) groups is 1. The van der Waals surface area contributed by atoms with Gasteiger partial charge in [-0.1, -0.05) is 30.3 Å². The van der Waals surface area contributed by atoms with E-state index in [2.05, 4.69) is 33.6 Å². The lowest BCUT2D eigenvalue weighted by molar-refractivity contribution is -0.142. The predicted molar refractivity (Wildman–Crippen MR) is 139 cm³/mol. The van der Waals surface area contributed by atoms with Crippen molar-refractivity contribution in [3.05, 3.63) is 35.9 Å². The third-order valence-corrected chi connectivity index (χ3v) is 5.41. The number of aliphatic carboxylic acids is 1. The number of hydrogen-bond donors (Lipinski definition) is 9. The Morgan fingerprint density at radius 1 is 0.892 bits per heavy atom. The van der Waals surface area contributed by atoms with Gasteiger partial charge in [-0.3, -0.25) is 24.2 Å². The maximum atomic E-state index is 13.1. The molecule has 4 atom stereocenters. The number of nitrogens with two attached hydrogens (primary N) is 4. The molecule has 0 aromatic heterocycles. The first-order valence-electron chi connectivity index (χ1n) is 11.3. The maximum Gasteiger partial charge on any atom is 0.326 e. The van der Waals surface area contributed by atoms with Gasteiger partial charge >= 0.3 is 5.97 Å². The number of benzene rings is 1. The van der Waals surface area contributed by atoms with Crippen molar-refractivity contribution in [1.82, 2.24) is 16.0 Å². The Bertz CT molecular complexity index is 973. The van der Waals surface area contributed by atoms with Crippen molar-refractivity contribution in [3.63, 3.8) is 0 Å². The number of thiol groups is 1. The van der Waals surface area contributed by atoms with Crippen LogP contribution in [0.4, 0.5) is 0 Å². The number of carboxylic acid groups (broad SMARTS) is 1. The number of nitrogens with zero attached hydrogens (tertiary/aromatic N) is 1. The summed E-state index contributed by atoms with van der Waals surface area (Å²) in [5.74, 6) is -4.66. The highest BCUT2D eigenvalue weighted by Crippen LogP contribution is 2.07. The van der Waals surface area contributed by atoms with Crippen LogP contribution in [0.25, 0.3) is 0 Å². The summed E-state index contributed by atoms with van der Waals surface area (Å²) in [5, 5.41) is 16.9. The number of carboxylic acids is 1. The minimum Gasteiger partial charge on any atom is -0.480 e. The van der Waals surface area contributed by atoms with E-state index in [4.69, 9.17) is 22.9 Å². The molecule has 0 aliphatic heterocycles. The highest BCUT2D eigenvalue weighted by Gasteiger charge is 2.30. The van der Waals surface area contributed by atoms with E-state index in [-0.39, 0.29) is 37.5 Å². The second-order valence-electron chi connectivity index (χ2n) is 8.12. The molecule has 0 spiro atoms. The first kappa shape index (κ1) is 31.2. The van der Waals surface area contributed by atoms with Gasteiger partial charge in [0.05, 0.1) is 12.5 Å². The molecule has 0 heterocycles. The Morgan fingerprint density at radius 3 is 2.00 bits per heavy atom.